The number of hydrogen-bond acceptors (Lipinski definition) is 7. The first-order chi connectivity index (χ1) is 16.2. The van der Waals surface area contributed by atoms with Crippen LogP contribution in [0, 0.1) is 5.41 Å². The maximum atomic E-state index is 12.3. The van der Waals surface area contributed by atoms with Gasteiger partial charge in [-0.25, -0.2) is 4.79 Å². The van der Waals surface area contributed by atoms with Crippen molar-refractivity contribution in [2.75, 3.05) is 20.1 Å². The molecule has 1 unspecified atom stereocenters. The Hall–Kier alpha value is -3.49. The summed E-state index contributed by atoms with van der Waals surface area (Å²) < 4.78 is 11.0. The average molecular weight is 461 g/mol. The molecule has 8 nitrogen and oxygen atoms in total. The lowest BCUT2D eigenvalue weighted by molar-refractivity contribution is -0.127. The van der Waals surface area contributed by atoms with E-state index < -0.39 is 16.8 Å². The highest BCUT2D eigenvalue weighted by atomic mass is 16.5. The van der Waals surface area contributed by atoms with Crippen LogP contribution in [0.1, 0.15) is 43.4 Å². The van der Waals surface area contributed by atoms with Gasteiger partial charge in [0.1, 0.15) is 11.4 Å². The van der Waals surface area contributed by atoms with Crippen LogP contribution in [0.3, 0.4) is 0 Å². The Bertz CT molecular complexity index is 1390. The summed E-state index contributed by atoms with van der Waals surface area (Å²) >= 11 is 0. The number of aromatic nitrogens is 3. The van der Waals surface area contributed by atoms with E-state index >= 15 is 0 Å². The number of hydrogen-bond donors (Lipinski definition) is 2. The SMILES string of the molecule is CC(C)c1ccc(C(O)(c2cnnc(Oc3ccc4[nH]c(=O)oc4c3)c2)C2(C)CN(C)C2)cc1. The molecule has 34 heavy (non-hydrogen) atoms. The van der Waals surface area contributed by atoms with Crippen LogP contribution in [0.25, 0.3) is 11.1 Å². The molecule has 0 radical (unpaired) electrons. The van der Waals surface area contributed by atoms with Crippen LogP contribution in [-0.2, 0) is 5.60 Å². The van der Waals surface area contributed by atoms with Crippen molar-refractivity contribution in [2.45, 2.75) is 32.3 Å². The minimum absolute atomic E-state index is 0.239. The zero-order chi connectivity index (χ0) is 24.1. The third-order valence-electron chi connectivity index (χ3n) is 6.77. The Morgan fingerprint density at radius 2 is 1.88 bits per heavy atom. The summed E-state index contributed by atoms with van der Waals surface area (Å²) in [5, 5.41) is 20.6. The van der Waals surface area contributed by atoms with Gasteiger partial charge in [0.05, 0.1) is 11.7 Å². The number of nitrogens with zero attached hydrogens (tertiary/aromatic N) is 3. The molecule has 5 rings (SSSR count). The number of aliphatic hydroxyl groups is 1. The summed E-state index contributed by atoms with van der Waals surface area (Å²) in [6, 6.07) is 14.9. The molecule has 0 amide bonds. The van der Waals surface area contributed by atoms with E-state index in [4.69, 9.17) is 9.15 Å². The molecule has 1 aliphatic heterocycles. The number of aromatic amines is 1. The largest absolute Gasteiger partial charge is 0.437 e. The zero-order valence-corrected chi connectivity index (χ0v) is 19.7. The van der Waals surface area contributed by atoms with Gasteiger partial charge in [-0.15, -0.1) is 5.10 Å². The number of likely N-dealkylation sites (tertiary alicyclic amines) is 1. The Balaban J connectivity index is 1.54. The molecule has 0 bridgehead atoms. The predicted octanol–water partition coefficient (Wildman–Crippen LogP) is 4.01. The van der Waals surface area contributed by atoms with Crippen LogP contribution >= 0.6 is 0 Å². The van der Waals surface area contributed by atoms with Crippen LogP contribution in [0.2, 0.25) is 0 Å². The summed E-state index contributed by atoms with van der Waals surface area (Å²) in [6.07, 6.45) is 1.60. The highest BCUT2D eigenvalue weighted by molar-refractivity contribution is 5.73. The summed E-state index contributed by atoms with van der Waals surface area (Å²) in [4.78, 5) is 16.2. The van der Waals surface area contributed by atoms with Crippen molar-refractivity contribution in [1.82, 2.24) is 20.1 Å². The summed E-state index contributed by atoms with van der Waals surface area (Å²) in [5.74, 6) is 0.558. The molecule has 1 saturated heterocycles. The second-order valence-electron chi connectivity index (χ2n) is 9.78. The summed E-state index contributed by atoms with van der Waals surface area (Å²) in [5.41, 5.74) is 1.89. The third-order valence-corrected chi connectivity index (χ3v) is 6.77. The van der Waals surface area contributed by atoms with Gasteiger partial charge in [-0.05, 0) is 36.2 Å². The van der Waals surface area contributed by atoms with E-state index in [2.05, 4.69) is 53.0 Å². The van der Waals surface area contributed by atoms with Crippen LogP contribution in [0.15, 0.2) is 63.9 Å². The van der Waals surface area contributed by atoms with E-state index in [9.17, 15) is 9.90 Å². The van der Waals surface area contributed by atoms with E-state index in [-0.39, 0.29) is 5.88 Å². The minimum Gasteiger partial charge on any atom is -0.437 e. The molecule has 1 fully saturated rings. The number of oxazole rings is 1. The molecule has 176 valence electrons. The summed E-state index contributed by atoms with van der Waals surface area (Å²) in [7, 11) is 2.04. The van der Waals surface area contributed by atoms with Gasteiger partial charge in [0.2, 0.25) is 5.88 Å². The van der Waals surface area contributed by atoms with E-state index in [1.54, 1.807) is 30.5 Å². The van der Waals surface area contributed by atoms with Gasteiger partial charge < -0.3 is 19.2 Å². The highest BCUT2D eigenvalue weighted by Gasteiger charge is 2.55. The fourth-order valence-corrected chi connectivity index (χ4v) is 5.05. The number of nitrogens with one attached hydrogen (secondary N) is 1. The standard InChI is InChI=1S/C26H28N4O4/c1-16(2)17-5-7-18(8-6-17)26(32,25(3)14-30(4)15-25)19-11-23(29-27-13-19)33-20-9-10-21-22(12-20)34-24(31)28-21/h5-13,16,32H,14-15H2,1-4H3,(H,28,31). The van der Waals surface area contributed by atoms with E-state index in [0.717, 1.165) is 18.7 Å². The fourth-order valence-electron chi connectivity index (χ4n) is 5.05. The van der Waals surface area contributed by atoms with Crippen molar-refractivity contribution in [2.24, 2.45) is 5.41 Å². The first kappa shape index (κ1) is 22.3. The number of fused-ring (bicyclic) bond motifs is 1. The number of ether oxygens (including phenoxy) is 1. The minimum atomic E-state index is -1.29. The predicted molar refractivity (Wildman–Crippen MR) is 128 cm³/mol. The lowest BCUT2D eigenvalue weighted by Gasteiger charge is -2.55. The van der Waals surface area contributed by atoms with Crippen molar-refractivity contribution in [3.05, 3.63) is 82.0 Å². The Labute approximate surface area is 197 Å². The fraction of sp³-hybridized carbons (Fsp3) is 0.346. The van der Waals surface area contributed by atoms with Gasteiger partial charge >= 0.3 is 5.76 Å². The van der Waals surface area contributed by atoms with Gasteiger partial charge in [0.15, 0.2) is 5.58 Å². The van der Waals surface area contributed by atoms with Crippen molar-refractivity contribution >= 4 is 11.1 Å². The summed E-state index contributed by atoms with van der Waals surface area (Å²) in [6.45, 7) is 7.85. The molecular weight excluding hydrogens is 432 g/mol. The van der Waals surface area contributed by atoms with E-state index in [1.165, 1.54) is 5.56 Å². The first-order valence-electron chi connectivity index (χ1n) is 11.3. The molecule has 8 heteroatoms. The maximum Gasteiger partial charge on any atom is 0.417 e. The Morgan fingerprint density at radius 1 is 1.15 bits per heavy atom. The molecule has 2 N–H and O–H groups in total. The third kappa shape index (κ3) is 3.69. The number of benzene rings is 2. The van der Waals surface area contributed by atoms with Crippen LogP contribution in [-0.4, -0.2) is 45.3 Å². The molecule has 2 aromatic carbocycles. The average Bonchev–Trinajstić information content (AvgIpc) is 3.17. The normalized spacial score (nSPS) is 17.5. The lowest BCUT2D eigenvalue weighted by Crippen LogP contribution is -2.63. The van der Waals surface area contributed by atoms with E-state index in [0.29, 0.717) is 28.3 Å². The second kappa shape index (κ2) is 8.07. The Morgan fingerprint density at radius 3 is 2.56 bits per heavy atom. The van der Waals surface area contributed by atoms with Gasteiger partial charge in [0.25, 0.3) is 0 Å². The molecule has 0 aliphatic carbocycles. The van der Waals surface area contributed by atoms with Crippen LogP contribution in [0.4, 0.5) is 0 Å². The van der Waals surface area contributed by atoms with Crippen molar-refractivity contribution in [3.63, 3.8) is 0 Å². The monoisotopic (exact) mass is 460 g/mol. The molecule has 1 aliphatic rings. The van der Waals surface area contributed by atoms with Crippen molar-refractivity contribution in [1.29, 1.82) is 0 Å². The maximum absolute atomic E-state index is 12.3. The molecule has 0 saturated carbocycles. The molecule has 0 spiro atoms. The molecule has 1 atom stereocenters. The Kier molecular flexibility index (Phi) is 5.30. The molecule has 4 aromatic rings. The van der Waals surface area contributed by atoms with Gasteiger partial charge in [-0.1, -0.05) is 45.0 Å². The van der Waals surface area contributed by atoms with Crippen LogP contribution in [0.5, 0.6) is 11.6 Å². The van der Waals surface area contributed by atoms with Crippen molar-refractivity contribution in [3.8, 4) is 11.6 Å². The van der Waals surface area contributed by atoms with Crippen LogP contribution < -0.4 is 10.5 Å². The second-order valence-corrected chi connectivity index (χ2v) is 9.78. The van der Waals surface area contributed by atoms with Gasteiger partial charge in [-0.3, -0.25) is 4.98 Å². The smallest absolute Gasteiger partial charge is 0.417 e. The number of H-pyrrole nitrogens is 1. The molecular formula is C26H28N4O4. The van der Waals surface area contributed by atoms with E-state index in [1.807, 2.05) is 19.2 Å². The quantitative estimate of drug-likeness (QED) is 0.448. The number of rotatable bonds is 6. The zero-order valence-electron chi connectivity index (χ0n) is 19.7. The van der Waals surface area contributed by atoms with Gasteiger partial charge in [-0.2, -0.15) is 5.10 Å². The first-order valence-corrected chi connectivity index (χ1v) is 11.3. The topological polar surface area (TPSA) is 104 Å². The highest BCUT2D eigenvalue weighted by Crippen LogP contribution is 2.50. The van der Waals surface area contributed by atoms with Crippen molar-refractivity contribution < 1.29 is 14.3 Å². The van der Waals surface area contributed by atoms with Gasteiger partial charge in [0, 0.05) is 36.2 Å². The molecule has 2 aromatic heterocycles. The molecule has 3 heterocycles. The lowest BCUT2D eigenvalue weighted by atomic mass is 9.62.